The van der Waals surface area contributed by atoms with Crippen molar-refractivity contribution in [2.75, 3.05) is 26.5 Å². The molecule has 2 aliphatic heterocycles. The summed E-state index contributed by atoms with van der Waals surface area (Å²) in [5.41, 5.74) is 0. The molecular formula is C18H31N3O4S. The standard InChI is InChI=1S/C18H31N3O4S/c1-21-17-13(20-18(21)24)12-26-14(17)8-5-6-9-15(22)19-11-7-3-4-10-16(23)25-2/h13-14,17H,3-12H2,1-2H3,(H,19,22)(H,20,24)/t13?,14-,17?/m0/s1. The van der Waals surface area contributed by atoms with Crippen LogP contribution in [0.5, 0.6) is 0 Å². The zero-order valence-corrected chi connectivity index (χ0v) is 16.6. The van der Waals surface area contributed by atoms with Gasteiger partial charge in [-0.15, -0.1) is 0 Å². The fraction of sp³-hybridized carbons (Fsp3) is 0.833. The van der Waals surface area contributed by atoms with E-state index in [9.17, 15) is 14.4 Å². The zero-order valence-electron chi connectivity index (χ0n) is 15.8. The molecule has 3 amide bonds. The van der Waals surface area contributed by atoms with Crippen molar-refractivity contribution in [1.82, 2.24) is 15.5 Å². The molecule has 0 aliphatic carbocycles. The number of nitrogens with zero attached hydrogens (tertiary/aromatic N) is 1. The first kappa shape index (κ1) is 20.9. The van der Waals surface area contributed by atoms with Crippen molar-refractivity contribution in [2.24, 2.45) is 0 Å². The number of esters is 1. The monoisotopic (exact) mass is 385 g/mol. The van der Waals surface area contributed by atoms with Gasteiger partial charge in [0, 0.05) is 37.4 Å². The number of rotatable bonds is 11. The van der Waals surface area contributed by atoms with Crippen LogP contribution in [-0.4, -0.2) is 66.6 Å². The zero-order chi connectivity index (χ0) is 18.9. The Morgan fingerprint density at radius 3 is 2.77 bits per heavy atom. The second-order valence-electron chi connectivity index (χ2n) is 7.01. The molecule has 26 heavy (non-hydrogen) atoms. The Morgan fingerprint density at radius 1 is 1.23 bits per heavy atom. The molecule has 0 bridgehead atoms. The Balaban J connectivity index is 1.48. The number of urea groups is 1. The fourth-order valence-electron chi connectivity index (χ4n) is 3.60. The Labute approximate surface area is 160 Å². The van der Waals surface area contributed by atoms with Crippen molar-refractivity contribution >= 4 is 29.7 Å². The Bertz CT molecular complexity index is 503. The summed E-state index contributed by atoms with van der Waals surface area (Å²) < 4.78 is 4.59. The number of hydrogen-bond donors (Lipinski definition) is 2. The molecule has 0 radical (unpaired) electrons. The van der Waals surface area contributed by atoms with Crippen LogP contribution in [0.3, 0.4) is 0 Å². The SMILES string of the molecule is COC(=O)CCCCCNC(=O)CCCC[C@@H]1SCC2NC(=O)N(C)C21. The van der Waals surface area contributed by atoms with Crippen molar-refractivity contribution in [2.45, 2.75) is 68.7 Å². The highest BCUT2D eigenvalue weighted by molar-refractivity contribution is 8.00. The van der Waals surface area contributed by atoms with Crippen LogP contribution in [0, 0.1) is 0 Å². The summed E-state index contributed by atoms with van der Waals surface area (Å²) in [4.78, 5) is 36.4. The van der Waals surface area contributed by atoms with Crippen LogP contribution >= 0.6 is 11.8 Å². The van der Waals surface area contributed by atoms with Crippen molar-refractivity contribution in [3.63, 3.8) is 0 Å². The van der Waals surface area contributed by atoms with E-state index in [2.05, 4.69) is 15.4 Å². The van der Waals surface area contributed by atoms with Gasteiger partial charge >= 0.3 is 12.0 Å². The van der Waals surface area contributed by atoms with E-state index in [1.54, 1.807) is 0 Å². The Morgan fingerprint density at radius 2 is 2.00 bits per heavy atom. The van der Waals surface area contributed by atoms with Crippen LogP contribution in [0.2, 0.25) is 0 Å². The summed E-state index contributed by atoms with van der Waals surface area (Å²) in [6, 6.07) is 0.618. The summed E-state index contributed by atoms with van der Waals surface area (Å²) in [5, 5.41) is 6.44. The number of amides is 3. The molecule has 0 aromatic heterocycles. The molecule has 2 aliphatic rings. The molecule has 2 fully saturated rings. The molecular weight excluding hydrogens is 354 g/mol. The number of nitrogens with one attached hydrogen (secondary N) is 2. The van der Waals surface area contributed by atoms with E-state index in [4.69, 9.17) is 0 Å². The molecule has 2 unspecified atom stereocenters. The number of carbonyl (C=O) groups excluding carboxylic acids is 3. The van der Waals surface area contributed by atoms with E-state index in [1.807, 2.05) is 23.7 Å². The van der Waals surface area contributed by atoms with Gasteiger partial charge in [0.15, 0.2) is 0 Å². The molecule has 7 nitrogen and oxygen atoms in total. The fourth-order valence-corrected chi connectivity index (χ4v) is 5.24. The number of carbonyl (C=O) groups is 3. The second kappa shape index (κ2) is 10.6. The number of thioether (sulfide) groups is 1. The van der Waals surface area contributed by atoms with Gasteiger partial charge in [-0.2, -0.15) is 11.8 Å². The number of likely N-dealkylation sites (N-methyl/N-ethyl adjacent to an activating group) is 1. The first-order valence-corrected chi connectivity index (χ1v) is 10.6. The van der Waals surface area contributed by atoms with Crippen molar-refractivity contribution in [3.05, 3.63) is 0 Å². The highest BCUT2D eigenvalue weighted by Gasteiger charge is 2.46. The maximum atomic E-state index is 11.9. The van der Waals surface area contributed by atoms with Gasteiger partial charge in [-0.1, -0.05) is 12.8 Å². The molecule has 3 atom stereocenters. The van der Waals surface area contributed by atoms with Crippen LogP contribution in [0.25, 0.3) is 0 Å². The minimum Gasteiger partial charge on any atom is -0.469 e. The topological polar surface area (TPSA) is 87.7 Å². The summed E-state index contributed by atoms with van der Waals surface area (Å²) in [7, 11) is 3.27. The third kappa shape index (κ3) is 6.07. The van der Waals surface area contributed by atoms with Gasteiger partial charge in [-0.05, 0) is 25.7 Å². The van der Waals surface area contributed by atoms with Gasteiger partial charge < -0.3 is 20.3 Å². The molecule has 0 saturated carbocycles. The lowest BCUT2D eigenvalue weighted by atomic mass is 10.0. The van der Waals surface area contributed by atoms with Crippen LogP contribution in [0.4, 0.5) is 4.79 Å². The number of unbranched alkanes of at least 4 members (excludes halogenated alkanes) is 3. The lowest BCUT2D eigenvalue weighted by Crippen LogP contribution is -2.38. The van der Waals surface area contributed by atoms with E-state index in [-0.39, 0.29) is 23.9 Å². The van der Waals surface area contributed by atoms with E-state index in [0.29, 0.717) is 30.7 Å². The summed E-state index contributed by atoms with van der Waals surface area (Å²) in [6.07, 6.45) is 6.54. The number of ether oxygens (including phenoxy) is 1. The average molecular weight is 386 g/mol. The lowest BCUT2D eigenvalue weighted by Gasteiger charge is -2.23. The quantitative estimate of drug-likeness (QED) is 0.322. The molecule has 0 aromatic rings. The van der Waals surface area contributed by atoms with Gasteiger partial charge in [-0.25, -0.2) is 4.79 Å². The molecule has 0 spiro atoms. The van der Waals surface area contributed by atoms with E-state index in [1.165, 1.54) is 7.11 Å². The number of methoxy groups -OCH3 is 1. The van der Waals surface area contributed by atoms with Crippen LogP contribution in [-0.2, 0) is 14.3 Å². The molecule has 2 N–H and O–H groups in total. The number of fused-ring (bicyclic) bond motifs is 1. The Kier molecular flexibility index (Phi) is 8.54. The van der Waals surface area contributed by atoms with Crippen LogP contribution in [0.15, 0.2) is 0 Å². The van der Waals surface area contributed by atoms with E-state index < -0.39 is 0 Å². The second-order valence-corrected chi connectivity index (χ2v) is 8.28. The van der Waals surface area contributed by atoms with Gasteiger partial charge in [-0.3, -0.25) is 9.59 Å². The average Bonchev–Trinajstić information content (AvgIpc) is 3.14. The Hall–Kier alpha value is -1.44. The minimum absolute atomic E-state index is 0.0382. The summed E-state index contributed by atoms with van der Waals surface area (Å²) >= 11 is 1.93. The molecule has 8 heteroatoms. The maximum absolute atomic E-state index is 11.9. The summed E-state index contributed by atoms with van der Waals surface area (Å²) in [5.74, 6) is 0.913. The third-order valence-corrected chi connectivity index (χ3v) is 6.60. The highest BCUT2D eigenvalue weighted by atomic mass is 32.2. The van der Waals surface area contributed by atoms with Crippen LogP contribution in [0.1, 0.15) is 51.4 Å². The third-order valence-electron chi connectivity index (χ3n) is 5.11. The molecule has 0 aromatic carbocycles. The minimum atomic E-state index is -0.176. The van der Waals surface area contributed by atoms with Crippen molar-refractivity contribution in [3.8, 4) is 0 Å². The number of hydrogen-bond acceptors (Lipinski definition) is 5. The lowest BCUT2D eigenvalue weighted by molar-refractivity contribution is -0.140. The van der Waals surface area contributed by atoms with Crippen molar-refractivity contribution in [1.29, 1.82) is 0 Å². The highest BCUT2D eigenvalue weighted by Crippen LogP contribution is 2.36. The largest absolute Gasteiger partial charge is 0.469 e. The first-order valence-electron chi connectivity index (χ1n) is 9.51. The van der Waals surface area contributed by atoms with E-state index in [0.717, 1.165) is 44.3 Å². The smallest absolute Gasteiger partial charge is 0.317 e. The normalized spacial score (nSPS) is 24.3. The predicted octanol–water partition coefficient (Wildman–Crippen LogP) is 1.90. The molecule has 2 rings (SSSR count). The van der Waals surface area contributed by atoms with Crippen molar-refractivity contribution < 1.29 is 19.1 Å². The molecule has 2 heterocycles. The molecule has 2 saturated heterocycles. The maximum Gasteiger partial charge on any atom is 0.317 e. The van der Waals surface area contributed by atoms with Gasteiger partial charge in [0.25, 0.3) is 0 Å². The van der Waals surface area contributed by atoms with Gasteiger partial charge in [0.05, 0.1) is 19.2 Å². The first-order chi connectivity index (χ1) is 12.5. The molecule has 148 valence electrons. The van der Waals surface area contributed by atoms with Gasteiger partial charge in [0.2, 0.25) is 5.91 Å². The van der Waals surface area contributed by atoms with Crippen LogP contribution < -0.4 is 10.6 Å². The van der Waals surface area contributed by atoms with Gasteiger partial charge in [0.1, 0.15) is 0 Å². The predicted molar refractivity (Wildman–Crippen MR) is 102 cm³/mol. The van der Waals surface area contributed by atoms with E-state index >= 15 is 0 Å². The summed E-state index contributed by atoms with van der Waals surface area (Å²) in [6.45, 7) is 0.667.